The van der Waals surface area contributed by atoms with Crippen molar-refractivity contribution < 1.29 is 8.96 Å². The van der Waals surface area contributed by atoms with Crippen molar-refractivity contribution in [1.82, 2.24) is 4.98 Å². The summed E-state index contributed by atoms with van der Waals surface area (Å²) in [6, 6.07) is 11.2. The van der Waals surface area contributed by atoms with Crippen LogP contribution < -0.4 is 4.57 Å². The largest absolute Gasteiger partial charge is 0.287 e. The summed E-state index contributed by atoms with van der Waals surface area (Å²) < 4.78 is 15.4. The minimum Gasteiger partial charge on any atom is -0.232 e. The number of rotatable bonds is 2. The van der Waals surface area contributed by atoms with Gasteiger partial charge in [-0.25, -0.2) is 8.96 Å². The van der Waals surface area contributed by atoms with Crippen molar-refractivity contribution in [1.29, 1.82) is 0 Å². The van der Waals surface area contributed by atoms with Gasteiger partial charge in [0.1, 0.15) is 11.5 Å². The van der Waals surface area contributed by atoms with Crippen molar-refractivity contribution in [3.05, 3.63) is 59.7 Å². The molecule has 0 atom stereocenters. The van der Waals surface area contributed by atoms with E-state index in [1.165, 1.54) is 11.6 Å². The van der Waals surface area contributed by atoms with Crippen LogP contribution in [0.15, 0.2) is 42.7 Å². The van der Waals surface area contributed by atoms with Crippen molar-refractivity contribution in [2.75, 3.05) is 0 Å². The molecular weight excluding hydrogens is 275 g/mol. The zero-order valence-corrected chi connectivity index (χ0v) is 13.4. The lowest BCUT2D eigenvalue weighted by molar-refractivity contribution is -0.662. The fraction of sp³-hybridized carbons (Fsp3) is 0.263. The Hall–Kier alpha value is -2.29. The van der Waals surface area contributed by atoms with Crippen molar-refractivity contribution in [2.24, 2.45) is 7.05 Å². The van der Waals surface area contributed by atoms with E-state index in [0.717, 1.165) is 27.7 Å². The first-order valence-electron chi connectivity index (χ1n) is 7.53. The van der Waals surface area contributed by atoms with Gasteiger partial charge < -0.3 is 0 Å². The molecule has 3 aromatic rings. The maximum absolute atomic E-state index is 13.4. The fourth-order valence-corrected chi connectivity index (χ4v) is 2.98. The van der Waals surface area contributed by atoms with Crippen LogP contribution in [-0.2, 0) is 7.05 Å². The number of nitrogens with zero attached hydrogens (tertiary/aromatic N) is 2. The highest BCUT2D eigenvalue weighted by molar-refractivity contribution is 5.93. The van der Waals surface area contributed by atoms with Crippen LogP contribution >= 0.6 is 0 Å². The lowest BCUT2D eigenvalue weighted by Crippen LogP contribution is -2.32. The summed E-state index contributed by atoms with van der Waals surface area (Å²) in [6.07, 6.45) is 1.84. The quantitative estimate of drug-likeness (QED) is 0.644. The SMILES string of the molecule is Cc1cc(F)ccc1-c1c2cccc(C(C)C)c2nc[n+]1C. The summed E-state index contributed by atoms with van der Waals surface area (Å²) in [5.41, 5.74) is 5.30. The van der Waals surface area contributed by atoms with Gasteiger partial charge in [0.2, 0.25) is 0 Å². The molecule has 0 saturated heterocycles. The van der Waals surface area contributed by atoms with Gasteiger partial charge in [-0.05, 0) is 47.7 Å². The van der Waals surface area contributed by atoms with E-state index in [9.17, 15) is 4.39 Å². The second kappa shape index (κ2) is 5.48. The minimum atomic E-state index is -0.204. The molecule has 0 spiro atoms. The Kier molecular flexibility index (Phi) is 3.65. The van der Waals surface area contributed by atoms with Gasteiger partial charge >= 0.3 is 0 Å². The molecule has 22 heavy (non-hydrogen) atoms. The van der Waals surface area contributed by atoms with Crippen molar-refractivity contribution in [3.8, 4) is 11.3 Å². The lowest BCUT2D eigenvalue weighted by atomic mass is 9.96. The molecule has 0 bridgehead atoms. The average Bonchev–Trinajstić information content (AvgIpc) is 2.47. The Labute approximate surface area is 130 Å². The molecule has 0 aliphatic carbocycles. The zero-order valence-electron chi connectivity index (χ0n) is 13.4. The molecule has 0 aliphatic rings. The van der Waals surface area contributed by atoms with Crippen LogP contribution in [0.25, 0.3) is 22.2 Å². The molecule has 0 aliphatic heterocycles. The van der Waals surface area contributed by atoms with E-state index < -0.39 is 0 Å². The van der Waals surface area contributed by atoms with E-state index in [2.05, 4.69) is 37.0 Å². The Balaban J connectivity index is 2.38. The van der Waals surface area contributed by atoms with Crippen molar-refractivity contribution >= 4 is 10.9 Å². The molecule has 1 heterocycles. The standard InChI is InChI=1S/C19H20FN2/c1-12(2)15-6-5-7-17-18(15)21-11-22(4)19(17)16-9-8-14(20)10-13(16)3/h5-12H,1-4H3/q+1. The molecule has 0 amide bonds. The Morgan fingerprint density at radius 1 is 1.14 bits per heavy atom. The molecule has 0 saturated carbocycles. The maximum Gasteiger partial charge on any atom is 0.287 e. The molecule has 2 nitrogen and oxygen atoms in total. The van der Waals surface area contributed by atoms with Gasteiger partial charge in [0.25, 0.3) is 6.33 Å². The van der Waals surface area contributed by atoms with Crippen LogP contribution in [0.3, 0.4) is 0 Å². The zero-order chi connectivity index (χ0) is 15.9. The second-order valence-electron chi connectivity index (χ2n) is 6.06. The summed E-state index contributed by atoms with van der Waals surface area (Å²) >= 11 is 0. The van der Waals surface area contributed by atoms with E-state index in [1.807, 2.05) is 30.9 Å². The molecule has 2 aromatic carbocycles. The highest BCUT2D eigenvalue weighted by Crippen LogP contribution is 2.30. The van der Waals surface area contributed by atoms with Gasteiger partial charge in [0.15, 0.2) is 5.52 Å². The van der Waals surface area contributed by atoms with E-state index in [4.69, 9.17) is 0 Å². The van der Waals surface area contributed by atoms with Gasteiger partial charge in [-0.15, -0.1) is 0 Å². The first kappa shape index (κ1) is 14.6. The van der Waals surface area contributed by atoms with E-state index in [0.29, 0.717) is 5.92 Å². The molecule has 112 valence electrons. The van der Waals surface area contributed by atoms with Crippen LogP contribution in [0, 0.1) is 12.7 Å². The maximum atomic E-state index is 13.4. The van der Waals surface area contributed by atoms with E-state index in [-0.39, 0.29) is 5.82 Å². The predicted molar refractivity (Wildman–Crippen MR) is 87.1 cm³/mol. The lowest BCUT2D eigenvalue weighted by Gasteiger charge is -2.11. The number of halogens is 1. The highest BCUT2D eigenvalue weighted by Gasteiger charge is 2.19. The van der Waals surface area contributed by atoms with Crippen LogP contribution in [0.2, 0.25) is 0 Å². The number of hydrogen-bond donors (Lipinski definition) is 0. The summed E-state index contributed by atoms with van der Waals surface area (Å²) in [4.78, 5) is 4.62. The predicted octanol–water partition coefficient (Wildman–Crippen LogP) is 4.30. The molecule has 0 unspecified atom stereocenters. The van der Waals surface area contributed by atoms with Gasteiger partial charge in [-0.3, -0.25) is 0 Å². The minimum absolute atomic E-state index is 0.204. The average molecular weight is 295 g/mol. The normalized spacial score (nSPS) is 11.4. The van der Waals surface area contributed by atoms with E-state index >= 15 is 0 Å². The third-order valence-electron chi connectivity index (χ3n) is 4.10. The summed E-state index contributed by atoms with van der Waals surface area (Å²) in [5.74, 6) is 0.205. The Morgan fingerprint density at radius 3 is 2.59 bits per heavy atom. The molecule has 0 radical (unpaired) electrons. The summed E-state index contributed by atoms with van der Waals surface area (Å²) in [5, 5.41) is 1.10. The number of benzene rings is 2. The third kappa shape index (κ3) is 2.37. The van der Waals surface area contributed by atoms with Gasteiger partial charge in [0.05, 0.1) is 12.4 Å². The smallest absolute Gasteiger partial charge is 0.232 e. The van der Waals surface area contributed by atoms with Gasteiger partial charge in [0, 0.05) is 11.1 Å². The highest BCUT2D eigenvalue weighted by atomic mass is 19.1. The molecular formula is C19H20FN2+. The molecule has 3 heteroatoms. The number of aromatic nitrogens is 2. The van der Waals surface area contributed by atoms with E-state index in [1.54, 1.807) is 6.07 Å². The van der Waals surface area contributed by atoms with Gasteiger partial charge in [-0.2, -0.15) is 0 Å². The molecule has 0 N–H and O–H groups in total. The van der Waals surface area contributed by atoms with Crippen LogP contribution in [0.1, 0.15) is 30.9 Å². The summed E-state index contributed by atoms with van der Waals surface area (Å²) in [6.45, 7) is 6.29. The Bertz CT molecular complexity index is 853. The second-order valence-corrected chi connectivity index (χ2v) is 6.06. The van der Waals surface area contributed by atoms with Crippen LogP contribution in [0.4, 0.5) is 4.39 Å². The summed E-state index contributed by atoms with van der Waals surface area (Å²) in [7, 11) is 1.98. The van der Waals surface area contributed by atoms with Crippen molar-refractivity contribution in [2.45, 2.75) is 26.7 Å². The van der Waals surface area contributed by atoms with Crippen LogP contribution in [0.5, 0.6) is 0 Å². The molecule has 3 rings (SSSR count). The molecule has 0 fully saturated rings. The fourth-order valence-electron chi connectivity index (χ4n) is 2.98. The number of aryl methyl sites for hydroxylation is 2. The number of fused-ring (bicyclic) bond motifs is 1. The number of hydrogen-bond acceptors (Lipinski definition) is 1. The number of para-hydroxylation sites is 1. The topological polar surface area (TPSA) is 16.8 Å². The van der Waals surface area contributed by atoms with Crippen LogP contribution in [-0.4, -0.2) is 4.98 Å². The van der Waals surface area contributed by atoms with Crippen molar-refractivity contribution in [3.63, 3.8) is 0 Å². The molecule has 1 aromatic heterocycles. The first-order valence-corrected chi connectivity index (χ1v) is 7.53. The first-order chi connectivity index (χ1) is 10.5. The monoisotopic (exact) mass is 295 g/mol. The van der Waals surface area contributed by atoms with Gasteiger partial charge in [-0.1, -0.05) is 26.0 Å². The third-order valence-corrected chi connectivity index (χ3v) is 4.10. The Morgan fingerprint density at radius 2 is 1.91 bits per heavy atom.